The minimum atomic E-state index is 0.829. The van der Waals surface area contributed by atoms with E-state index >= 15 is 0 Å². The molecule has 0 atom stereocenters. The lowest BCUT2D eigenvalue weighted by Crippen LogP contribution is -2.33. The molecule has 0 aromatic carbocycles. The quantitative estimate of drug-likeness (QED) is 0.616. The van der Waals surface area contributed by atoms with E-state index in [-0.39, 0.29) is 0 Å². The third-order valence-corrected chi connectivity index (χ3v) is 2.82. The van der Waals surface area contributed by atoms with Crippen molar-refractivity contribution in [2.75, 3.05) is 19.6 Å². The lowest BCUT2D eigenvalue weighted by atomic mass is 9.95. The largest absolute Gasteiger partial charge is 0.317 e. The van der Waals surface area contributed by atoms with E-state index in [4.69, 9.17) is 0 Å². The predicted octanol–water partition coefficient (Wildman–Crippen LogP) is 1.91. The maximum Gasteiger partial charge on any atom is 0.00670 e. The molecule has 1 aliphatic rings. The van der Waals surface area contributed by atoms with E-state index in [1.54, 1.807) is 0 Å². The Hall–Kier alpha value is -0.0800. The van der Waals surface area contributed by atoms with E-state index in [1.165, 1.54) is 45.1 Å². The Labute approximate surface area is 82.5 Å². The van der Waals surface area contributed by atoms with Crippen LogP contribution >= 0.6 is 0 Å². The summed E-state index contributed by atoms with van der Waals surface area (Å²) in [6.45, 7) is 5.62. The van der Waals surface area contributed by atoms with E-state index in [0.29, 0.717) is 0 Å². The van der Waals surface area contributed by atoms with E-state index < -0.39 is 0 Å². The van der Waals surface area contributed by atoms with Crippen LogP contribution in [0.15, 0.2) is 0 Å². The van der Waals surface area contributed by atoms with Gasteiger partial charge in [0.2, 0.25) is 0 Å². The molecule has 78 valence electrons. The van der Waals surface area contributed by atoms with E-state index in [9.17, 15) is 0 Å². The summed E-state index contributed by atoms with van der Waals surface area (Å²) < 4.78 is 0. The molecular weight excluding hydrogens is 160 g/mol. The van der Waals surface area contributed by atoms with Gasteiger partial charge in [-0.2, -0.15) is 0 Å². The highest BCUT2D eigenvalue weighted by atomic mass is 14.9. The van der Waals surface area contributed by atoms with Crippen LogP contribution < -0.4 is 10.6 Å². The van der Waals surface area contributed by atoms with Crippen LogP contribution in [0, 0.1) is 0 Å². The minimum absolute atomic E-state index is 0.829. The molecule has 0 spiro atoms. The Balaban J connectivity index is 1.86. The molecule has 2 heteroatoms. The second-order valence-electron chi connectivity index (χ2n) is 4.00. The summed E-state index contributed by atoms with van der Waals surface area (Å²) in [5.74, 6) is 0. The van der Waals surface area contributed by atoms with E-state index in [1.807, 2.05) is 0 Å². The molecule has 13 heavy (non-hydrogen) atoms. The number of hydrogen-bond donors (Lipinski definition) is 2. The summed E-state index contributed by atoms with van der Waals surface area (Å²) >= 11 is 0. The van der Waals surface area contributed by atoms with Crippen molar-refractivity contribution in [2.45, 2.75) is 51.5 Å². The van der Waals surface area contributed by atoms with Gasteiger partial charge in [-0.15, -0.1) is 0 Å². The fraction of sp³-hybridized carbons (Fsp3) is 1.00. The minimum Gasteiger partial charge on any atom is -0.317 e. The first-order chi connectivity index (χ1) is 6.43. The Morgan fingerprint density at radius 1 is 1.08 bits per heavy atom. The molecule has 2 N–H and O–H groups in total. The molecular formula is C11H24N2. The monoisotopic (exact) mass is 184 g/mol. The molecule has 0 aromatic rings. The highest BCUT2D eigenvalue weighted by molar-refractivity contribution is 4.71. The van der Waals surface area contributed by atoms with Gasteiger partial charge in [0.25, 0.3) is 0 Å². The fourth-order valence-corrected chi connectivity index (χ4v) is 2.00. The van der Waals surface area contributed by atoms with Gasteiger partial charge in [-0.25, -0.2) is 0 Å². The molecule has 0 aliphatic heterocycles. The van der Waals surface area contributed by atoms with Gasteiger partial charge in [0.05, 0.1) is 0 Å². The number of rotatable bonds is 6. The third-order valence-electron chi connectivity index (χ3n) is 2.82. The predicted molar refractivity (Wildman–Crippen MR) is 58.0 cm³/mol. The van der Waals surface area contributed by atoms with Crippen LogP contribution in [-0.2, 0) is 0 Å². The molecule has 0 heterocycles. The van der Waals surface area contributed by atoms with Crippen molar-refractivity contribution < 1.29 is 0 Å². The second kappa shape index (κ2) is 7.34. The molecule has 1 fully saturated rings. The van der Waals surface area contributed by atoms with Gasteiger partial charge >= 0.3 is 0 Å². The van der Waals surface area contributed by atoms with E-state index in [2.05, 4.69) is 17.6 Å². The average Bonchev–Trinajstić information content (AvgIpc) is 2.19. The van der Waals surface area contributed by atoms with Gasteiger partial charge in [-0.05, 0) is 38.9 Å². The van der Waals surface area contributed by atoms with Gasteiger partial charge in [0, 0.05) is 6.04 Å². The second-order valence-corrected chi connectivity index (χ2v) is 4.00. The third kappa shape index (κ3) is 5.27. The summed E-state index contributed by atoms with van der Waals surface area (Å²) in [5, 5.41) is 6.99. The first-order valence-corrected chi connectivity index (χ1v) is 5.87. The van der Waals surface area contributed by atoms with Gasteiger partial charge in [-0.3, -0.25) is 0 Å². The van der Waals surface area contributed by atoms with Crippen molar-refractivity contribution in [3.05, 3.63) is 0 Å². The summed E-state index contributed by atoms with van der Waals surface area (Å²) in [7, 11) is 0. The number of hydrogen-bond acceptors (Lipinski definition) is 2. The molecule has 2 nitrogen and oxygen atoms in total. The Bertz CT molecular complexity index is 109. The summed E-state index contributed by atoms with van der Waals surface area (Å²) in [6, 6.07) is 0.829. The summed E-state index contributed by atoms with van der Waals surface area (Å²) in [4.78, 5) is 0. The van der Waals surface area contributed by atoms with Crippen LogP contribution in [0.4, 0.5) is 0 Å². The van der Waals surface area contributed by atoms with E-state index in [0.717, 1.165) is 19.1 Å². The van der Waals surface area contributed by atoms with Crippen LogP contribution in [0.5, 0.6) is 0 Å². The Morgan fingerprint density at radius 3 is 2.54 bits per heavy atom. The zero-order chi connectivity index (χ0) is 9.36. The fourth-order valence-electron chi connectivity index (χ4n) is 2.00. The molecule has 1 aliphatic carbocycles. The molecule has 0 bridgehead atoms. The molecule has 0 saturated heterocycles. The van der Waals surface area contributed by atoms with Crippen molar-refractivity contribution in [1.82, 2.24) is 10.6 Å². The summed E-state index contributed by atoms with van der Waals surface area (Å²) in [6.07, 6.45) is 8.40. The SMILES string of the molecule is CCNCCCNC1CCCCC1. The van der Waals surface area contributed by atoms with Crippen molar-refractivity contribution >= 4 is 0 Å². The standard InChI is InChI=1S/C11H24N2/c1-2-12-9-6-10-13-11-7-4-3-5-8-11/h11-13H,2-10H2,1H3. The Morgan fingerprint density at radius 2 is 1.85 bits per heavy atom. The number of nitrogens with one attached hydrogen (secondary N) is 2. The zero-order valence-corrected chi connectivity index (χ0v) is 8.94. The van der Waals surface area contributed by atoms with Gasteiger partial charge < -0.3 is 10.6 Å². The van der Waals surface area contributed by atoms with Crippen LogP contribution in [0.1, 0.15) is 45.4 Å². The van der Waals surface area contributed by atoms with Crippen LogP contribution in [0.2, 0.25) is 0 Å². The first-order valence-electron chi connectivity index (χ1n) is 5.87. The van der Waals surface area contributed by atoms with Crippen LogP contribution in [0.3, 0.4) is 0 Å². The normalized spacial score (nSPS) is 19.2. The van der Waals surface area contributed by atoms with Crippen molar-refractivity contribution in [3.63, 3.8) is 0 Å². The molecule has 0 amide bonds. The van der Waals surface area contributed by atoms with Gasteiger partial charge in [0.15, 0.2) is 0 Å². The lowest BCUT2D eigenvalue weighted by Gasteiger charge is -2.22. The van der Waals surface area contributed by atoms with Crippen molar-refractivity contribution in [2.24, 2.45) is 0 Å². The Kier molecular flexibility index (Phi) is 6.21. The van der Waals surface area contributed by atoms with Crippen molar-refractivity contribution in [1.29, 1.82) is 0 Å². The topological polar surface area (TPSA) is 24.1 Å². The molecule has 0 aromatic heterocycles. The highest BCUT2D eigenvalue weighted by Gasteiger charge is 2.11. The van der Waals surface area contributed by atoms with Crippen molar-refractivity contribution in [3.8, 4) is 0 Å². The molecule has 1 saturated carbocycles. The molecule has 0 radical (unpaired) electrons. The summed E-state index contributed by atoms with van der Waals surface area (Å²) in [5.41, 5.74) is 0. The van der Waals surface area contributed by atoms with Gasteiger partial charge in [0.1, 0.15) is 0 Å². The lowest BCUT2D eigenvalue weighted by molar-refractivity contribution is 0.371. The zero-order valence-electron chi connectivity index (χ0n) is 8.94. The van der Waals surface area contributed by atoms with Crippen LogP contribution in [-0.4, -0.2) is 25.7 Å². The maximum absolute atomic E-state index is 3.64. The average molecular weight is 184 g/mol. The maximum atomic E-state index is 3.64. The molecule has 0 unspecified atom stereocenters. The van der Waals surface area contributed by atoms with Gasteiger partial charge in [-0.1, -0.05) is 26.2 Å². The highest BCUT2D eigenvalue weighted by Crippen LogP contribution is 2.16. The van der Waals surface area contributed by atoms with Crippen LogP contribution in [0.25, 0.3) is 0 Å². The first kappa shape index (κ1) is 11.0. The molecule has 1 rings (SSSR count). The smallest absolute Gasteiger partial charge is 0.00670 e.